The van der Waals surface area contributed by atoms with Crippen molar-refractivity contribution in [2.75, 3.05) is 0 Å². The molecule has 0 saturated carbocycles. The van der Waals surface area contributed by atoms with Gasteiger partial charge in [0.25, 0.3) is 0 Å². The molecule has 0 N–H and O–H groups in total. The van der Waals surface area contributed by atoms with Crippen molar-refractivity contribution in [3.05, 3.63) is 193 Å². The smallest absolute Gasteiger partial charge is 0.0318 e. The molecule has 0 atom stereocenters. The van der Waals surface area contributed by atoms with Crippen molar-refractivity contribution in [1.29, 1.82) is 0 Å². The average Bonchev–Trinajstić information content (AvgIpc) is 3.57. The van der Waals surface area contributed by atoms with Crippen LogP contribution < -0.4 is 0 Å². The highest BCUT2D eigenvalue weighted by Crippen LogP contribution is 2.67. The molecule has 0 aromatic heterocycles. The lowest BCUT2D eigenvalue weighted by atomic mass is 9.49. The Labute approximate surface area is 347 Å². The molecule has 0 saturated heterocycles. The Morgan fingerprint density at radius 2 is 0.780 bits per heavy atom. The lowest BCUT2D eigenvalue weighted by Crippen LogP contribution is -2.50. The predicted octanol–water partition coefficient (Wildman–Crippen LogP) is 16.8. The zero-order valence-electron chi connectivity index (χ0n) is 34.8. The van der Waals surface area contributed by atoms with E-state index in [2.05, 4.69) is 224 Å². The summed E-state index contributed by atoms with van der Waals surface area (Å²) in [5.74, 6) is 0. The van der Waals surface area contributed by atoms with Gasteiger partial charge in [0, 0.05) is 5.41 Å². The van der Waals surface area contributed by atoms with E-state index in [0.29, 0.717) is 0 Å². The Balaban J connectivity index is 1.26. The van der Waals surface area contributed by atoms with Crippen LogP contribution in [-0.4, -0.2) is 0 Å². The Hall–Kier alpha value is -6.50. The Kier molecular flexibility index (Phi) is 7.70. The topological polar surface area (TPSA) is 0 Å². The van der Waals surface area contributed by atoms with Crippen molar-refractivity contribution in [2.24, 2.45) is 10.8 Å². The van der Waals surface area contributed by atoms with Gasteiger partial charge in [-0.15, -0.1) is 0 Å². The Morgan fingerprint density at radius 3 is 1.37 bits per heavy atom. The summed E-state index contributed by atoms with van der Waals surface area (Å²) in [5.41, 5.74) is 12.8. The Bertz CT molecular complexity index is 3260. The first kappa shape index (κ1) is 35.6. The minimum atomic E-state index is -0.272. The monoisotopic (exact) mass is 756 g/mol. The van der Waals surface area contributed by atoms with Gasteiger partial charge in [0.1, 0.15) is 0 Å². The van der Waals surface area contributed by atoms with Crippen molar-refractivity contribution < 1.29 is 0 Å². The van der Waals surface area contributed by atoms with Gasteiger partial charge in [-0.1, -0.05) is 205 Å². The first-order valence-corrected chi connectivity index (χ1v) is 21.2. The van der Waals surface area contributed by atoms with Crippen molar-refractivity contribution in [3.63, 3.8) is 0 Å². The van der Waals surface area contributed by atoms with Gasteiger partial charge in [0.05, 0.1) is 0 Å². The highest BCUT2D eigenvalue weighted by Gasteiger charge is 2.58. The molecule has 1 aliphatic carbocycles. The number of benzene rings is 10. The molecule has 0 heterocycles. The average molecular weight is 757 g/mol. The fourth-order valence-corrected chi connectivity index (χ4v) is 11.9. The molecule has 10 aromatic carbocycles. The van der Waals surface area contributed by atoms with Gasteiger partial charge in [0.2, 0.25) is 0 Å². The van der Waals surface area contributed by atoms with Gasteiger partial charge < -0.3 is 0 Å². The van der Waals surface area contributed by atoms with Crippen LogP contribution in [0.1, 0.15) is 52.7 Å². The highest BCUT2D eigenvalue weighted by atomic mass is 14.6. The second-order valence-corrected chi connectivity index (χ2v) is 18.8. The van der Waals surface area contributed by atoms with E-state index in [9.17, 15) is 0 Å². The van der Waals surface area contributed by atoms with Crippen molar-refractivity contribution in [1.82, 2.24) is 0 Å². The van der Waals surface area contributed by atoms with Crippen LogP contribution in [0.25, 0.3) is 98.4 Å². The standard InChI is InChI=1S/C59H48/c1-57(2,3)59(58(4,5)6)52-36-39-23-11-10-22-38(39)34-51(52)55-44-27-15-13-25-42(44)50-35-40(32-33-49(50)56(55)59)53-45-28-16-18-30-47(45)54(48-31-19-17-29-46(48)53)43-26-14-12-24-41(43)37-20-8-7-9-21-37/h7-36H,1-6H3. The zero-order valence-corrected chi connectivity index (χ0v) is 34.8. The highest BCUT2D eigenvalue weighted by molar-refractivity contribution is 6.24. The maximum Gasteiger partial charge on any atom is 0.0318 e. The largest absolute Gasteiger partial charge is 0.0622 e. The molecule has 0 fully saturated rings. The molecule has 0 radical (unpaired) electrons. The summed E-state index contributed by atoms with van der Waals surface area (Å²) in [4.78, 5) is 0. The fourth-order valence-electron chi connectivity index (χ4n) is 11.9. The van der Waals surface area contributed by atoms with Crippen LogP contribution in [0.15, 0.2) is 182 Å². The van der Waals surface area contributed by atoms with Crippen LogP contribution in [0.5, 0.6) is 0 Å². The minimum absolute atomic E-state index is 0.0972. The van der Waals surface area contributed by atoms with Gasteiger partial charge in [-0.3, -0.25) is 0 Å². The SMILES string of the molecule is CC(C)(C)C1(C(C)(C)C)c2cc3ccccc3cc2-c2c1c1ccc(-c3c4ccccc4c(-c4ccccc4-c4ccccc4)c4ccccc34)cc1c1ccccc21. The van der Waals surface area contributed by atoms with E-state index in [0.717, 1.165) is 0 Å². The van der Waals surface area contributed by atoms with Crippen LogP contribution in [0.3, 0.4) is 0 Å². The van der Waals surface area contributed by atoms with E-state index in [1.165, 1.54) is 109 Å². The molecular formula is C59H48. The van der Waals surface area contributed by atoms with E-state index in [1.807, 2.05) is 0 Å². The first-order valence-electron chi connectivity index (χ1n) is 21.2. The molecule has 1 aliphatic rings. The molecular weight excluding hydrogens is 709 g/mol. The maximum atomic E-state index is 2.53. The normalized spacial score (nSPS) is 13.7. The van der Waals surface area contributed by atoms with Crippen molar-refractivity contribution in [3.8, 4) is 44.5 Å². The predicted molar refractivity (Wildman–Crippen MR) is 255 cm³/mol. The molecule has 0 nitrogen and oxygen atoms in total. The molecule has 11 rings (SSSR count). The summed E-state index contributed by atoms with van der Waals surface area (Å²) < 4.78 is 0. The number of hydrogen-bond donors (Lipinski definition) is 0. The lowest BCUT2D eigenvalue weighted by Gasteiger charge is -2.53. The summed E-state index contributed by atoms with van der Waals surface area (Å²) >= 11 is 0. The molecule has 0 aliphatic heterocycles. The number of fused-ring (bicyclic) bond motifs is 11. The quantitative estimate of drug-likeness (QED) is 0.124. The van der Waals surface area contributed by atoms with Gasteiger partial charge in [-0.2, -0.15) is 0 Å². The van der Waals surface area contributed by atoms with Gasteiger partial charge in [-0.25, -0.2) is 0 Å². The van der Waals surface area contributed by atoms with Crippen LogP contribution in [0, 0.1) is 10.8 Å². The van der Waals surface area contributed by atoms with E-state index < -0.39 is 0 Å². The second kappa shape index (κ2) is 12.7. The molecule has 10 aromatic rings. The molecule has 0 unspecified atom stereocenters. The minimum Gasteiger partial charge on any atom is -0.0622 e. The summed E-state index contributed by atoms with van der Waals surface area (Å²) in [7, 11) is 0. The van der Waals surface area contributed by atoms with Gasteiger partial charge >= 0.3 is 0 Å². The molecule has 59 heavy (non-hydrogen) atoms. The summed E-state index contributed by atoms with van der Waals surface area (Å²) in [6.45, 7) is 14.8. The van der Waals surface area contributed by atoms with Crippen molar-refractivity contribution in [2.45, 2.75) is 47.0 Å². The van der Waals surface area contributed by atoms with E-state index >= 15 is 0 Å². The van der Waals surface area contributed by atoms with E-state index in [1.54, 1.807) is 0 Å². The number of hydrogen-bond acceptors (Lipinski definition) is 0. The molecule has 0 amide bonds. The molecule has 0 spiro atoms. The van der Waals surface area contributed by atoms with Crippen molar-refractivity contribution >= 4 is 53.9 Å². The first-order chi connectivity index (χ1) is 28.6. The second-order valence-electron chi connectivity index (χ2n) is 18.8. The van der Waals surface area contributed by atoms with Crippen LogP contribution in [0.4, 0.5) is 0 Å². The van der Waals surface area contributed by atoms with Gasteiger partial charge in [-0.05, 0) is 139 Å². The van der Waals surface area contributed by atoms with E-state index in [4.69, 9.17) is 0 Å². The lowest BCUT2D eigenvalue weighted by molar-refractivity contribution is 0.0965. The molecule has 284 valence electrons. The van der Waals surface area contributed by atoms with Crippen LogP contribution >= 0.6 is 0 Å². The van der Waals surface area contributed by atoms with Gasteiger partial charge in [0.15, 0.2) is 0 Å². The van der Waals surface area contributed by atoms with Crippen LogP contribution in [0.2, 0.25) is 0 Å². The third kappa shape index (κ3) is 4.96. The third-order valence-corrected chi connectivity index (χ3v) is 13.7. The van der Waals surface area contributed by atoms with Crippen LogP contribution in [-0.2, 0) is 5.41 Å². The number of rotatable bonds is 3. The summed E-state index contributed by atoms with van der Waals surface area (Å²) in [6.07, 6.45) is 0. The third-order valence-electron chi connectivity index (χ3n) is 13.7. The summed E-state index contributed by atoms with van der Waals surface area (Å²) in [6, 6.07) is 68.5. The zero-order chi connectivity index (χ0) is 40.3. The maximum absolute atomic E-state index is 2.53. The molecule has 0 heteroatoms. The Morgan fingerprint density at radius 1 is 0.305 bits per heavy atom. The van der Waals surface area contributed by atoms with E-state index in [-0.39, 0.29) is 16.2 Å². The fraction of sp³-hybridized carbons (Fsp3) is 0.153. The summed E-state index contributed by atoms with van der Waals surface area (Å²) in [5, 5.41) is 13.0. The molecule has 0 bridgehead atoms.